The standard InChI is InChI=1S/C22H24N2O10/c1-20(32)7-5-4-6-8(25)9(7)16(28)22(34)15(20)14(27)11-12(24(2)3)13(26)10(18(23)30)17(29)21(11,33)19(22)31/h4-6,11-12,14-15,25,27,29,32-34H,1-3H3,(H2,23,30)/t11-,12+,14-,15-,20-,21-,22+/m1/s1. The molecule has 0 aromatic heterocycles. The summed E-state index contributed by atoms with van der Waals surface area (Å²) < 4.78 is 0. The largest absolute Gasteiger partial charge is 0.873 e. The molecule has 1 saturated carbocycles. The number of amides is 1. The van der Waals surface area contributed by atoms with Crippen molar-refractivity contribution in [3.05, 3.63) is 40.7 Å². The lowest BCUT2D eigenvalue weighted by atomic mass is 9.48. The Morgan fingerprint density at radius 3 is 2.24 bits per heavy atom. The van der Waals surface area contributed by atoms with E-state index in [9.17, 15) is 49.8 Å². The van der Waals surface area contributed by atoms with E-state index < -0.39 is 86.7 Å². The van der Waals surface area contributed by atoms with Crippen molar-refractivity contribution in [1.29, 1.82) is 0 Å². The van der Waals surface area contributed by atoms with E-state index in [1.54, 1.807) is 0 Å². The molecule has 0 unspecified atom stereocenters. The molecule has 182 valence electrons. The first-order valence-electron chi connectivity index (χ1n) is 10.4. The van der Waals surface area contributed by atoms with Crippen LogP contribution in [0.2, 0.25) is 0 Å². The van der Waals surface area contributed by atoms with Crippen molar-refractivity contribution in [3.63, 3.8) is 0 Å². The average Bonchev–Trinajstić information content (AvgIpc) is 2.72. The number of aliphatic hydroxyl groups excluding tert-OH is 1. The highest BCUT2D eigenvalue weighted by molar-refractivity contribution is 6.27. The molecule has 3 aliphatic rings. The molecule has 1 amide bonds. The highest BCUT2D eigenvalue weighted by Gasteiger charge is 2.77. The summed E-state index contributed by atoms with van der Waals surface area (Å²) in [5.41, 5.74) is -6.04. The summed E-state index contributed by atoms with van der Waals surface area (Å²) in [5.74, 6) is -12.4. The van der Waals surface area contributed by atoms with Crippen molar-refractivity contribution in [2.45, 2.75) is 35.9 Å². The number of aromatic hydroxyl groups is 1. The third kappa shape index (κ3) is 2.49. The lowest BCUT2D eigenvalue weighted by Crippen LogP contribution is -3.14. The van der Waals surface area contributed by atoms with Gasteiger partial charge in [-0.2, -0.15) is 0 Å². The minimum atomic E-state index is -3.40. The van der Waals surface area contributed by atoms with E-state index in [-0.39, 0.29) is 10.5 Å². The molecular formula is C22H24N2O10. The molecule has 8 N–H and O–H groups in total. The van der Waals surface area contributed by atoms with E-state index in [2.05, 4.69) is 0 Å². The molecule has 0 spiro atoms. The van der Waals surface area contributed by atoms with Crippen LogP contribution in [-0.2, 0) is 20.0 Å². The van der Waals surface area contributed by atoms with Gasteiger partial charge in [0.1, 0.15) is 11.4 Å². The maximum Gasteiger partial charge on any atom is 0.251 e. The molecule has 1 aromatic carbocycles. The van der Waals surface area contributed by atoms with Gasteiger partial charge in [0, 0.05) is 0 Å². The summed E-state index contributed by atoms with van der Waals surface area (Å²) in [6, 6.07) is 2.02. The van der Waals surface area contributed by atoms with Gasteiger partial charge in [-0.25, -0.2) is 0 Å². The van der Waals surface area contributed by atoms with Crippen LogP contribution >= 0.6 is 0 Å². The molecule has 3 aliphatic carbocycles. The maximum absolute atomic E-state index is 13.7. The summed E-state index contributed by atoms with van der Waals surface area (Å²) >= 11 is 0. The van der Waals surface area contributed by atoms with Gasteiger partial charge in [0.15, 0.2) is 11.6 Å². The van der Waals surface area contributed by atoms with Crippen LogP contribution < -0.4 is 15.7 Å². The van der Waals surface area contributed by atoms with Crippen LogP contribution in [0.25, 0.3) is 0 Å². The molecule has 1 fully saturated rings. The Kier molecular flexibility index (Phi) is 4.89. The van der Waals surface area contributed by atoms with Gasteiger partial charge in [-0.3, -0.25) is 19.2 Å². The Labute approximate surface area is 192 Å². The van der Waals surface area contributed by atoms with Gasteiger partial charge < -0.3 is 41.3 Å². The first kappa shape index (κ1) is 24.0. The zero-order chi connectivity index (χ0) is 25.7. The highest BCUT2D eigenvalue weighted by Crippen LogP contribution is 2.57. The third-order valence-electron chi connectivity index (χ3n) is 7.43. The number of phenols is 1. The van der Waals surface area contributed by atoms with E-state index in [1.807, 2.05) is 0 Å². The summed E-state index contributed by atoms with van der Waals surface area (Å²) in [6.45, 7) is 1.08. The van der Waals surface area contributed by atoms with Gasteiger partial charge in [0.05, 0.1) is 48.8 Å². The highest BCUT2D eigenvalue weighted by atomic mass is 16.4. The molecule has 12 nitrogen and oxygen atoms in total. The fourth-order valence-electron chi connectivity index (χ4n) is 6.00. The lowest BCUT2D eigenvalue weighted by Gasteiger charge is -2.60. The van der Waals surface area contributed by atoms with E-state index in [0.717, 1.165) is 13.0 Å². The molecule has 1 aromatic rings. The van der Waals surface area contributed by atoms with Crippen LogP contribution in [0.3, 0.4) is 0 Å². The number of phenolic OH excluding ortho intramolecular Hbond substituents is 1. The van der Waals surface area contributed by atoms with Crippen molar-refractivity contribution in [3.8, 4) is 5.75 Å². The number of benzene rings is 1. The summed E-state index contributed by atoms with van der Waals surface area (Å²) in [4.78, 5) is 52.3. The monoisotopic (exact) mass is 476 g/mol. The Balaban J connectivity index is 2.11. The second kappa shape index (κ2) is 6.93. The van der Waals surface area contributed by atoms with Crippen molar-refractivity contribution in [1.82, 2.24) is 0 Å². The molecule has 0 bridgehead atoms. The van der Waals surface area contributed by atoms with Gasteiger partial charge in [0.2, 0.25) is 17.3 Å². The normalized spacial score (nSPS) is 39.6. The number of primary amides is 1. The SMILES string of the molecule is C[NH+](C)[C@@H]1C(=O)C(C(N)=O)=C([O-])[C@@]2(O)C(=O)[C@@]3(O)C(=O)c4c(O)cccc4[C@@](C)(O)[C@H]3[C@H](O)[C@@H]12. The van der Waals surface area contributed by atoms with Gasteiger partial charge in [-0.05, 0) is 18.6 Å². The first-order valence-corrected chi connectivity index (χ1v) is 10.4. The van der Waals surface area contributed by atoms with E-state index in [0.29, 0.717) is 0 Å². The van der Waals surface area contributed by atoms with Gasteiger partial charge in [-0.1, -0.05) is 17.9 Å². The Hall–Kier alpha value is -3.16. The number of likely N-dealkylation sites (N-methyl/N-ethyl adjacent to an activating group) is 1. The number of aliphatic hydroxyl groups is 4. The van der Waals surface area contributed by atoms with Gasteiger partial charge >= 0.3 is 0 Å². The quantitative estimate of drug-likeness (QED) is 0.158. The zero-order valence-corrected chi connectivity index (χ0v) is 18.4. The van der Waals surface area contributed by atoms with Crippen LogP contribution in [0.1, 0.15) is 22.8 Å². The van der Waals surface area contributed by atoms with Crippen LogP contribution in [0.4, 0.5) is 0 Å². The first-order chi connectivity index (χ1) is 15.6. The number of Topliss-reactive ketones (excluding diaryl/α,β-unsaturated/α-hetero) is 3. The van der Waals surface area contributed by atoms with Crippen molar-refractivity contribution in [2.24, 2.45) is 17.6 Å². The fraction of sp³-hybridized carbons (Fsp3) is 0.455. The molecule has 0 aliphatic heterocycles. The Morgan fingerprint density at radius 1 is 1.12 bits per heavy atom. The van der Waals surface area contributed by atoms with E-state index in [4.69, 9.17) is 5.73 Å². The minimum Gasteiger partial charge on any atom is -0.873 e. The molecular weight excluding hydrogens is 452 g/mol. The molecule has 0 heterocycles. The van der Waals surface area contributed by atoms with Crippen molar-refractivity contribution >= 4 is 23.3 Å². The van der Waals surface area contributed by atoms with Crippen molar-refractivity contribution < 1.29 is 54.7 Å². The van der Waals surface area contributed by atoms with Crippen molar-refractivity contribution in [2.75, 3.05) is 14.1 Å². The van der Waals surface area contributed by atoms with Crippen LogP contribution in [0, 0.1) is 11.8 Å². The minimum absolute atomic E-state index is 0.191. The average molecular weight is 476 g/mol. The number of hydrogen-bond acceptors (Lipinski definition) is 10. The third-order valence-corrected chi connectivity index (χ3v) is 7.43. The zero-order valence-electron chi connectivity index (χ0n) is 18.4. The molecule has 4 rings (SSSR count). The molecule has 0 radical (unpaired) electrons. The van der Waals surface area contributed by atoms with E-state index in [1.165, 1.54) is 26.2 Å². The number of fused-ring (bicyclic) bond motifs is 3. The number of quaternary nitrogens is 1. The summed E-state index contributed by atoms with van der Waals surface area (Å²) in [7, 11) is 2.79. The van der Waals surface area contributed by atoms with Gasteiger partial charge in [-0.15, -0.1) is 0 Å². The second-order valence-corrected chi connectivity index (χ2v) is 9.52. The summed E-state index contributed by atoms with van der Waals surface area (Å²) in [6.07, 6.45) is -2.18. The number of carbonyl (C=O) groups is 4. The number of nitrogens with two attached hydrogens (primary N) is 1. The van der Waals surface area contributed by atoms with E-state index >= 15 is 0 Å². The maximum atomic E-state index is 13.7. The predicted molar refractivity (Wildman–Crippen MR) is 108 cm³/mol. The topological polar surface area (TPSA) is 223 Å². The van der Waals surface area contributed by atoms with Crippen LogP contribution in [0.5, 0.6) is 5.75 Å². The number of nitrogens with one attached hydrogen (secondary N) is 1. The van der Waals surface area contributed by atoms with Crippen LogP contribution in [0.15, 0.2) is 29.5 Å². The Morgan fingerprint density at radius 2 is 1.71 bits per heavy atom. The Bertz CT molecular complexity index is 1200. The second-order valence-electron chi connectivity index (χ2n) is 9.52. The fourth-order valence-corrected chi connectivity index (χ4v) is 6.00. The summed E-state index contributed by atoms with van der Waals surface area (Å²) in [5, 5.41) is 69.2. The molecule has 34 heavy (non-hydrogen) atoms. The molecule has 7 atom stereocenters. The number of ketones is 3. The number of rotatable bonds is 2. The molecule has 0 saturated heterocycles. The van der Waals surface area contributed by atoms with Gasteiger partial charge in [0.25, 0.3) is 5.91 Å². The number of carbonyl (C=O) groups excluding carboxylic acids is 4. The smallest absolute Gasteiger partial charge is 0.251 e. The van der Waals surface area contributed by atoms with Crippen LogP contribution in [-0.4, -0.2) is 86.2 Å². The lowest BCUT2D eigenvalue weighted by molar-refractivity contribution is -0.881. The molecule has 12 heteroatoms. The number of hydrogen-bond donors (Lipinski definition) is 7. The predicted octanol–water partition coefficient (Wildman–Crippen LogP) is -5.37.